The second-order valence-corrected chi connectivity index (χ2v) is 18.3. The standard InChI is InChI=1S/C44H57F6N11O19/c45-42(46)32(69)22(16-62)78-35(42)59-10-3-25(55-38(59)72)52-28(65)6-13-75-19-41(58-31(68)2-1-9-51,20-76-14-7-29(66)53-26-4-11-60(39(73)56-26)36-43(47,48)33(70)23(17-63)79-36)21-77-15-8-30(67)54-27-5-12-61(40(74)57-27)37-44(49,50)34(71)24(18-64)80-37/h3-5,10-12,22-24,32-37,62-64,69-71H,1-2,6-9,13-21,51H2,(H,58,68)(H,52,55,65,72)(H,53,56,66,73)(H,54,57,67,74)/t22-,23-,24-,32-,33-,34-,35-,36-,37-/m1/s1. The Morgan fingerprint density at radius 3 is 1.10 bits per heavy atom. The predicted molar refractivity (Wildman–Crippen MR) is 253 cm³/mol. The Morgan fingerprint density at radius 2 is 0.850 bits per heavy atom. The van der Waals surface area contributed by atoms with Crippen LogP contribution in [0, 0.1) is 0 Å². The lowest BCUT2D eigenvalue weighted by molar-refractivity contribution is -0.141. The second kappa shape index (κ2) is 26.9. The number of rotatable bonds is 28. The number of nitrogens with zero attached hydrogens (tertiary/aromatic N) is 6. The van der Waals surface area contributed by atoms with Gasteiger partial charge in [-0.2, -0.15) is 41.3 Å². The minimum absolute atomic E-state index is 0.0814. The zero-order valence-corrected chi connectivity index (χ0v) is 41.8. The number of nitrogens with one attached hydrogen (secondary N) is 4. The topological polar surface area (TPSA) is 424 Å². The van der Waals surface area contributed by atoms with Gasteiger partial charge in [-0.05, 0) is 31.2 Å². The average molecular weight is 1160 g/mol. The summed E-state index contributed by atoms with van der Waals surface area (Å²) in [6.07, 6.45) is -18.5. The van der Waals surface area contributed by atoms with E-state index in [0.717, 1.165) is 36.8 Å². The van der Waals surface area contributed by atoms with Crippen molar-refractivity contribution in [2.75, 3.05) is 82.0 Å². The fourth-order valence-electron chi connectivity index (χ4n) is 8.11. The fraction of sp³-hybridized carbons (Fsp3) is 0.636. The molecule has 80 heavy (non-hydrogen) atoms. The number of halogens is 6. The van der Waals surface area contributed by atoms with E-state index in [0.29, 0.717) is 13.7 Å². The quantitative estimate of drug-likeness (QED) is 0.0244. The highest BCUT2D eigenvalue weighted by atomic mass is 19.3. The van der Waals surface area contributed by atoms with Gasteiger partial charge in [-0.25, -0.2) is 14.4 Å². The van der Waals surface area contributed by atoms with Crippen molar-refractivity contribution < 1.29 is 105 Å². The number of carbonyl (C=O) groups excluding carboxylic acids is 4. The normalized spacial score (nSPS) is 24.8. The number of amides is 4. The highest BCUT2D eigenvalue weighted by Crippen LogP contribution is 2.44. The SMILES string of the molecule is NCCCC(=O)NC(COCCC(=O)Nc1ccn([C@@H]2O[C@H](CO)[C@@H](O)C2(F)F)c(=O)n1)(COCCC(=O)Nc1ccn([C@@H]2O[C@H](CO)[C@@H](O)C2(F)F)c(=O)n1)COCCC(=O)Nc1ccn([C@@H]2O[C@H](CO)[C@@H](O)C2(F)F)c(=O)n1. The summed E-state index contributed by atoms with van der Waals surface area (Å²) in [6.45, 7) is -5.77. The Morgan fingerprint density at radius 1 is 0.550 bits per heavy atom. The van der Waals surface area contributed by atoms with Crippen molar-refractivity contribution in [1.82, 2.24) is 34.0 Å². The van der Waals surface area contributed by atoms with Gasteiger partial charge in [-0.3, -0.25) is 32.9 Å². The molecule has 6 rings (SSSR count). The van der Waals surface area contributed by atoms with Gasteiger partial charge in [0.1, 0.15) is 41.3 Å². The second-order valence-electron chi connectivity index (χ2n) is 18.3. The Kier molecular flexibility index (Phi) is 21.1. The molecular weight excluding hydrogens is 1100 g/mol. The molecule has 0 unspecified atom stereocenters. The minimum Gasteiger partial charge on any atom is -0.394 e. The third-order valence-electron chi connectivity index (χ3n) is 12.3. The number of aliphatic hydroxyl groups is 6. The molecule has 3 fully saturated rings. The van der Waals surface area contributed by atoms with Gasteiger partial charge in [0.15, 0.2) is 18.3 Å². The molecule has 3 saturated heterocycles. The highest BCUT2D eigenvalue weighted by molar-refractivity contribution is 5.90. The third kappa shape index (κ3) is 14.7. The molecule has 30 nitrogen and oxygen atoms in total. The maximum absolute atomic E-state index is 14.7. The van der Waals surface area contributed by atoms with Gasteiger partial charge >= 0.3 is 34.8 Å². The molecule has 36 heteroatoms. The van der Waals surface area contributed by atoms with Crippen LogP contribution in [-0.2, 0) is 47.6 Å². The van der Waals surface area contributed by atoms with E-state index in [1.54, 1.807) is 0 Å². The predicted octanol–water partition coefficient (Wildman–Crippen LogP) is -3.96. The lowest BCUT2D eigenvalue weighted by Gasteiger charge is -2.34. The summed E-state index contributed by atoms with van der Waals surface area (Å²) in [6, 6.07) is 2.92. The summed E-state index contributed by atoms with van der Waals surface area (Å²) in [7, 11) is 0. The molecule has 0 aliphatic carbocycles. The van der Waals surface area contributed by atoms with Crippen LogP contribution in [0.25, 0.3) is 0 Å². The number of carbonyl (C=O) groups is 4. The highest BCUT2D eigenvalue weighted by Gasteiger charge is 2.61. The van der Waals surface area contributed by atoms with Crippen LogP contribution >= 0.6 is 0 Å². The van der Waals surface area contributed by atoms with Crippen molar-refractivity contribution in [2.45, 2.75) is 111 Å². The zero-order valence-electron chi connectivity index (χ0n) is 41.8. The summed E-state index contributed by atoms with van der Waals surface area (Å²) in [5.41, 5.74) is -0.0823. The van der Waals surface area contributed by atoms with Gasteiger partial charge in [0.05, 0.1) is 78.7 Å². The molecule has 4 amide bonds. The molecule has 3 aromatic rings. The molecule has 3 aromatic heterocycles. The van der Waals surface area contributed by atoms with Crippen LogP contribution in [0.4, 0.5) is 43.8 Å². The van der Waals surface area contributed by atoms with E-state index >= 15 is 0 Å². The summed E-state index contributed by atoms with van der Waals surface area (Å²) >= 11 is 0. The number of aliphatic hydroxyl groups excluding tert-OH is 6. The smallest absolute Gasteiger partial charge is 0.351 e. The lowest BCUT2D eigenvalue weighted by atomic mass is 10.0. The van der Waals surface area contributed by atoms with Crippen molar-refractivity contribution in [2.24, 2.45) is 5.73 Å². The Balaban J connectivity index is 1.09. The maximum atomic E-state index is 14.7. The molecule has 444 valence electrons. The Labute approximate surface area is 445 Å². The van der Waals surface area contributed by atoms with Gasteiger partial charge in [0.25, 0.3) is 0 Å². The summed E-state index contributed by atoms with van der Waals surface area (Å²) in [4.78, 5) is 101. The van der Waals surface area contributed by atoms with Crippen LogP contribution < -0.4 is 44.1 Å². The molecular formula is C44H57F6N11O19. The molecule has 12 N–H and O–H groups in total. The zero-order chi connectivity index (χ0) is 58.7. The van der Waals surface area contributed by atoms with Crippen molar-refractivity contribution >= 4 is 41.1 Å². The molecule has 0 spiro atoms. The first-order valence-corrected chi connectivity index (χ1v) is 24.2. The number of ether oxygens (including phenoxy) is 6. The molecule has 6 heterocycles. The lowest BCUT2D eigenvalue weighted by Crippen LogP contribution is -2.58. The molecule has 0 aromatic carbocycles. The first-order valence-electron chi connectivity index (χ1n) is 24.2. The number of alkyl halides is 6. The number of anilines is 3. The van der Waals surface area contributed by atoms with Gasteiger partial charge < -0.3 is 86.1 Å². The van der Waals surface area contributed by atoms with E-state index in [1.807, 2.05) is 0 Å². The number of hydrogen-bond acceptors (Lipinski definition) is 23. The van der Waals surface area contributed by atoms with Gasteiger partial charge in [0, 0.05) is 25.0 Å². The van der Waals surface area contributed by atoms with Crippen LogP contribution in [0.2, 0.25) is 0 Å². The van der Waals surface area contributed by atoms with E-state index in [9.17, 15) is 90.5 Å². The van der Waals surface area contributed by atoms with E-state index in [2.05, 4.69) is 36.2 Å². The van der Waals surface area contributed by atoms with Crippen molar-refractivity contribution in [3.05, 3.63) is 68.2 Å². The first-order chi connectivity index (χ1) is 37.8. The largest absolute Gasteiger partial charge is 0.394 e. The summed E-state index contributed by atoms with van der Waals surface area (Å²) < 4.78 is 121. The van der Waals surface area contributed by atoms with Crippen molar-refractivity contribution in [3.63, 3.8) is 0 Å². The van der Waals surface area contributed by atoms with Gasteiger partial charge in [0.2, 0.25) is 42.3 Å². The number of hydrogen-bond donors (Lipinski definition) is 11. The summed E-state index contributed by atoms with van der Waals surface area (Å²) in [5.74, 6) is -16.3. The number of nitrogens with two attached hydrogens (primary N) is 1. The molecule has 3 aliphatic heterocycles. The van der Waals surface area contributed by atoms with Gasteiger partial charge in [-0.1, -0.05) is 0 Å². The van der Waals surface area contributed by atoms with Crippen LogP contribution in [0.3, 0.4) is 0 Å². The molecule has 0 radical (unpaired) electrons. The molecule has 0 saturated carbocycles. The van der Waals surface area contributed by atoms with Crippen LogP contribution in [0.5, 0.6) is 0 Å². The van der Waals surface area contributed by atoms with Crippen LogP contribution in [0.1, 0.15) is 50.8 Å². The number of aromatic nitrogens is 6. The third-order valence-corrected chi connectivity index (χ3v) is 12.3. The Bertz CT molecular complexity index is 2560. The fourth-order valence-corrected chi connectivity index (χ4v) is 8.11. The summed E-state index contributed by atoms with van der Waals surface area (Å²) in [5, 5.41) is 66.8. The van der Waals surface area contributed by atoms with Crippen molar-refractivity contribution in [1.29, 1.82) is 0 Å². The first kappa shape index (κ1) is 62.8. The minimum atomic E-state index is -4.01. The van der Waals surface area contributed by atoms with Gasteiger partial charge in [-0.15, -0.1) is 0 Å². The van der Waals surface area contributed by atoms with Crippen molar-refractivity contribution in [3.8, 4) is 0 Å². The monoisotopic (exact) mass is 1160 g/mol. The van der Waals surface area contributed by atoms with E-state index < -0.39 is 215 Å². The van der Waals surface area contributed by atoms with E-state index in [4.69, 9.17) is 34.2 Å². The molecule has 0 bridgehead atoms. The molecule has 3 aliphatic rings. The average Bonchev–Trinajstić information content (AvgIpc) is 3.88. The van der Waals surface area contributed by atoms with Crippen LogP contribution in [0.15, 0.2) is 51.2 Å². The Hall–Kier alpha value is -6.42. The van der Waals surface area contributed by atoms with Crippen LogP contribution in [-0.4, -0.2) is 209 Å². The molecule has 9 atom stereocenters. The van der Waals surface area contributed by atoms with E-state index in [-0.39, 0.29) is 19.4 Å². The van der Waals surface area contributed by atoms with E-state index in [1.165, 1.54) is 0 Å². The maximum Gasteiger partial charge on any atom is 0.351 e.